The number of halogens is 2. The second-order valence-corrected chi connectivity index (χ2v) is 6.60. The first kappa shape index (κ1) is 16.5. The summed E-state index contributed by atoms with van der Waals surface area (Å²) >= 11 is 0. The van der Waals surface area contributed by atoms with E-state index in [2.05, 4.69) is 25.7 Å². The van der Waals surface area contributed by atoms with Gasteiger partial charge >= 0.3 is 0 Å². The van der Waals surface area contributed by atoms with Gasteiger partial charge in [0, 0.05) is 40.0 Å². The minimum absolute atomic E-state index is 0.128. The first-order valence-electron chi connectivity index (χ1n) is 8.63. The molecule has 1 atom stereocenters. The van der Waals surface area contributed by atoms with Gasteiger partial charge in [0.1, 0.15) is 18.2 Å². The number of nitrogens with zero attached hydrogens (tertiary/aromatic N) is 3. The summed E-state index contributed by atoms with van der Waals surface area (Å²) in [5.74, 6) is -1.31. The summed E-state index contributed by atoms with van der Waals surface area (Å²) in [5, 5.41) is 15.4. The first-order valence-corrected chi connectivity index (χ1v) is 8.63. The lowest BCUT2D eigenvalue weighted by atomic mass is 9.95. The molecule has 28 heavy (non-hydrogen) atoms. The third-order valence-electron chi connectivity index (χ3n) is 4.94. The van der Waals surface area contributed by atoms with Crippen LogP contribution < -0.4 is 5.32 Å². The molecular weight excluding hydrogens is 364 g/mol. The molecule has 2 aromatic heterocycles. The van der Waals surface area contributed by atoms with Crippen LogP contribution in [0.25, 0.3) is 22.2 Å². The highest BCUT2D eigenvalue weighted by Gasteiger charge is 2.29. The molecule has 0 saturated heterocycles. The molecule has 2 aromatic carbocycles. The number of benzene rings is 2. The molecule has 0 aliphatic carbocycles. The van der Waals surface area contributed by atoms with Crippen molar-refractivity contribution < 1.29 is 8.78 Å². The maximum atomic E-state index is 13.9. The van der Waals surface area contributed by atoms with E-state index >= 15 is 0 Å². The van der Waals surface area contributed by atoms with Gasteiger partial charge in [0.05, 0.1) is 11.7 Å². The Balaban J connectivity index is 1.86. The molecule has 3 heterocycles. The van der Waals surface area contributed by atoms with E-state index in [1.54, 1.807) is 6.20 Å². The fourth-order valence-electron chi connectivity index (χ4n) is 3.83. The second-order valence-electron chi connectivity index (χ2n) is 6.60. The van der Waals surface area contributed by atoms with Crippen molar-refractivity contribution in [3.63, 3.8) is 0 Å². The lowest BCUT2D eigenvalue weighted by Gasteiger charge is -2.19. The third-order valence-corrected chi connectivity index (χ3v) is 4.94. The van der Waals surface area contributed by atoms with Crippen molar-refractivity contribution in [2.24, 2.45) is 5.18 Å². The molecule has 0 amide bonds. The quantitative estimate of drug-likeness (QED) is 0.508. The maximum absolute atomic E-state index is 13.9. The van der Waals surface area contributed by atoms with E-state index in [0.717, 1.165) is 33.8 Å². The molecule has 138 valence electrons. The smallest absolute Gasteiger partial charge is 0.160 e. The van der Waals surface area contributed by atoms with E-state index < -0.39 is 17.7 Å². The SMILES string of the molecule is O=NCc1nnc2[nH]cc3c2c1-c1ccccc1NC3c1cc(F)cc(F)c1. The van der Waals surface area contributed by atoms with Crippen molar-refractivity contribution in [3.8, 4) is 11.1 Å². The van der Waals surface area contributed by atoms with Gasteiger partial charge in [-0.1, -0.05) is 23.4 Å². The third kappa shape index (κ3) is 2.45. The summed E-state index contributed by atoms with van der Waals surface area (Å²) in [6.45, 7) is -0.128. The van der Waals surface area contributed by atoms with Crippen LogP contribution >= 0.6 is 0 Å². The van der Waals surface area contributed by atoms with E-state index in [0.29, 0.717) is 16.9 Å². The summed E-state index contributed by atoms with van der Waals surface area (Å²) in [4.78, 5) is 14.0. The van der Waals surface area contributed by atoms with E-state index in [1.165, 1.54) is 12.1 Å². The number of hydrogen-bond acceptors (Lipinski definition) is 5. The van der Waals surface area contributed by atoms with Gasteiger partial charge in [-0.25, -0.2) is 8.78 Å². The topological polar surface area (TPSA) is 83.0 Å². The summed E-state index contributed by atoms with van der Waals surface area (Å²) in [5.41, 5.74) is 4.49. The van der Waals surface area contributed by atoms with Crippen molar-refractivity contribution >= 4 is 16.7 Å². The molecule has 0 bridgehead atoms. The minimum Gasteiger partial charge on any atom is -0.374 e. The van der Waals surface area contributed by atoms with Crippen molar-refractivity contribution in [3.05, 3.63) is 82.0 Å². The summed E-state index contributed by atoms with van der Waals surface area (Å²) in [6, 6.07) is 10.4. The highest BCUT2D eigenvalue weighted by Crippen LogP contribution is 2.44. The monoisotopic (exact) mass is 377 g/mol. The molecule has 1 aliphatic rings. The first-order chi connectivity index (χ1) is 13.7. The Labute approximate surface area is 157 Å². The van der Waals surface area contributed by atoms with E-state index in [1.807, 2.05) is 24.3 Å². The van der Waals surface area contributed by atoms with Crippen molar-refractivity contribution in [1.29, 1.82) is 0 Å². The van der Waals surface area contributed by atoms with Crippen molar-refractivity contribution in [2.45, 2.75) is 12.6 Å². The Hall–Kier alpha value is -3.68. The number of aromatic nitrogens is 3. The molecule has 0 fully saturated rings. The van der Waals surface area contributed by atoms with Gasteiger partial charge < -0.3 is 10.3 Å². The Morgan fingerprint density at radius 2 is 1.86 bits per heavy atom. The molecule has 5 rings (SSSR count). The van der Waals surface area contributed by atoms with Gasteiger partial charge in [-0.3, -0.25) is 0 Å². The molecule has 6 nitrogen and oxygen atoms in total. The average Bonchev–Trinajstić information content (AvgIpc) is 3.03. The summed E-state index contributed by atoms with van der Waals surface area (Å²) in [7, 11) is 0. The molecule has 1 unspecified atom stereocenters. The molecular formula is C20H13F2N5O. The van der Waals surface area contributed by atoms with Crippen LogP contribution in [0, 0.1) is 16.5 Å². The number of aromatic amines is 1. The lowest BCUT2D eigenvalue weighted by Crippen LogP contribution is -2.12. The van der Waals surface area contributed by atoms with Crippen LogP contribution in [0.2, 0.25) is 0 Å². The lowest BCUT2D eigenvalue weighted by molar-refractivity contribution is 0.578. The molecule has 0 radical (unpaired) electrons. The number of para-hydroxylation sites is 1. The number of fused-ring (bicyclic) bond motifs is 2. The van der Waals surface area contributed by atoms with Gasteiger partial charge in [0.25, 0.3) is 0 Å². The Morgan fingerprint density at radius 3 is 2.64 bits per heavy atom. The fourth-order valence-corrected chi connectivity index (χ4v) is 3.83. The van der Waals surface area contributed by atoms with Crippen LogP contribution in [-0.4, -0.2) is 15.2 Å². The molecule has 8 heteroatoms. The van der Waals surface area contributed by atoms with Crippen molar-refractivity contribution in [2.75, 3.05) is 5.32 Å². The zero-order valence-corrected chi connectivity index (χ0v) is 14.4. The average molecular weight is 377 g/mol. The fraction of sp³-hybridized carbons (Fsp3) is 0.100. The number of rotatable bonds is 3. The highest BCUT2D eigenvalue weighted by molar-refractivity contribution is 6.02. The number of hydrogen-bond donors (Lipinski definition) is 2. The van der Waals surface area contributed by atoms with Gasteiger partial charge in [-0.2, -0.15) is 10.0 Å². The molecule has 1 aliphatic heterocycles. The molecule has 0 saturated carbocycles. The van der Waals surface area contributed by atoms with Gasteiger partial charge in [-0.15, -0.1) is 5.10 Å². The van der Waals surface area contributed by atoms with E-state index in [4.69, 9.17) is 0 Å². The summed E-state index contributed by atoms with van der Waals surface area (Å²) < 4.78 is 27.8. The van der Waals surface area contributed by atoms with Crippen LogP contribution in [0.5, 0.6) is 0 Å². The van der Waals surface area contributed by atoms with E-state index in [-0.39, 0.29) is 6.54 Å². The van der Waals surface area contributed by atoms with E-state index in [9.17, 15) is 13.7 Å². The zero-order chi connectivity index (χ0) is 19.3. The maximum Gasteiger partial charge on any atom is 0.160 e. The minimum atomic E-state index is -0.653. The van der Waals surface area contributed by atoms with Crippen molar-refractivity contribution in [1.82, 2.24) is 15.2 Å². The Kier molecular flexibility index (Phi) is 3.65. The Morgan fingerprint density at radius 1 is 1.07 bits per heavy atom. The largest absolute Gasteiger partial charge is 0.374 e. The second kappa shape index (κ2) is 6.19. The zero-order valence-electron chi connectivity index (χ0n) is 14.4. The van der Waals surface area contributed by atoms with Crippen LogP contribution in [0.3, 0.4) is 0 Å². The number of nitrogens with one attached hydrogen (secondary N) is 2. The molecule has 0 spiro atoms. The predicted octanol–water partition coefficient (Wildman–Crippen LogP) is 4.68. The standard InChI is InChI=1S/C20H13F2N5O/c21-11-5-10(6-12(22)7-11)19-14-8-23-20-18(14)17(16(9-24-28)26-27-20)13-3-1-2-4-15(13)25-19/h1-8,19,25H,9H2,(H,23,27). The molecule has 4 aromatic rings. The van der Waals surface area contributed by atoms with Gasteiger partial charge in [-0.05, 0) is 23.8 Å². The molecule has 2 N–H and O–H groups in total. The number of anilines is 1. The number of H-pyrrole nitrogens is 1. The van der Waals surface area contributed by atoms with Crippen LogP contribution in [-0.2, 0) is 6.54 Å². The Bertz CT molecular complexity index is 1220. The van der Waals surface area contributed by atoms with Crippen LogP contribution in [0.15, 0.2) is 53.8 Å². The summed E-state index contributed by atoms with van der Waals surface area (Å²) in [6.07, 6.45) is 1.74. The highest BCUT2D eigenvalue weighted by atomic mass is 19.1. The van der Waals surface area contributed by atoms with Gasteiger partial charge in [0.2, 0.25) is 0 Å². The van der Waals surface area contributed by atoms with Crippen LogP contribution in [0.1, 0.15) is 22.9 Å². The number of nitroso groups, excluding NO2 is 1. The van der Waals surface area contributed by atoms with Gasteiger partial charge in [0.15, 0.2) is 5.65 Å². The predicted molar refractivity (Wildman–Crippen MR) is 101 cm³/mol. The van der Waals surface area contributed by atoms with Crippen LogP contribution in [0.4, 0.5) is 14.5 Å². The normalized spacial score (nSPS) is 15.0.